The van der Waals surface area contributed by atoms with Crippen molar-refractivity contribution in [2.45, 2.75) is 19.3 Å². The third-order valence-electron chi connectivity index (χ3n) is 5.52. The van der Waals surface area contributed by atoms with E-state index < -0.39 is 0 Å². The minimum atomic E-state index is -0.159. The lowest BCUT2D eigenvalue weighted by atomic mass is 9.89. The van der Waals surface area contributed by atoms with Crippen LogP contribution in [0.25, 0.3) is 10.9 Å². The smallest absolute Gasteiger partial charge is 0.227 e. The van der Waals surface area contributed by atoms with Crippen LogP contribution in [0, 0.1) is 5.92 Å². The van der Waals surface area contributed by atoms with E-state index in [1.165, 1.54) is 0 Å². The Bertz CT molecular complexity index is 1010. The van der Waals surface area contributed by atoms with E-state index in [0.29, 0.717) is 30.8 Å². The number of methoxy groups -OCH3 is 1. The average Bonchev–Trinajstić information content (AvgIpc) is 3.16. The van der Waals surface area contributed by atoms with E-state index in [1.807, 2.05) is 53.6 Å². The highest BCUT2D eigenvalue weighted by Gasteiger charge is 2.29. The predicted molar refractivity (Wildman–Crippen MR) is 109 cm³/mol. The normalized spacial score (nSPS) is 16.9. The third-order valence-corrected chi connectivity index (χ3v) is 5.52. The Morgan fingerprint density at radius 3 is 2.89 bits per heavy atom. The van der Waals surface area contributed by atoms with Gasteiger partial charge in [-0.15, -0.1) is 0 Å². The van der Waals surface area contributed by atoms with Crippen LogP contribution >= 0.6 is 0 Å². The maximum Gasteiger partial charge on any atom is 0.227 e. The van der Waals surface area contributed by atoms with Crippen LogP contribution in [0.4, 0.5) is 0 Å². The van der Waals surface area contributed by atoms with E-state index >= 15 is 0 Å². The van der Waals surface area contributed by atoms with Crippen LogP contribution in [0.3, 0.4) is 0 Å². The first-order valence-corrected chi connectivity index (χ1v) is 9.67. The Balaban J connectivity index is 1.45. The minimum Gasteiger partial charge on any atom is -0.497 e. The highest BCUT2D eigenvalue weighted by atomic mass is 16.5. The van der Waals surface area contributed by atoms with Gasteiger partial charge in [0.25, 0.3) is 0 Å². The number of hydrogen-bond donors (Lipinski definition) is 1. The number of aromatic amines is 1. The number of nitrogens with zero attached hydrogens (tertiary/aromatic N) is 1. The molecular weight excluding hydrogens is 352 g/mol. The van der Waals surface area contributed by atoms with Gasteiger partial charge in [-0.25, -0.2) is 0 Å². The Kier molecular flexibility index (Phi) is 5.15. The Labute approximate surface area is 164 Å². The first-order chi connectivity index (χ1) is 13.7. The number of H-pyrrole nitrogens is 1. The van der Waals surface area contributed by atoms with Gasteiger partial charge in [-0.1, -0.05) is 30.3 Å². The maximum absolute atomic E-state index is 12.9. The molecule has 4 rings (SSSR count). The molecule has 28 heavy (non-hydrogen) atoms. The second kappa shape index (κ2) is 7.89. The molecule has 5 nitrogen and oxygen atoms in total. The second-order valence-corrected chi connectivity index (χ2v) is 7.31. The fourth-order valence-electron chi connectivity index (χ4n) is 3.98. The Hall–Kier alpha value is -3.08. The average molecular weight is 376 g/mol. The molecule has 5 heteroatoms. The molecule has 1 N–H and O–H groups in total. The number of piperidine rings is 1. The molecule has 1 atom stereocenters. The molecule has 1 unspecified atom stereocenters. The van der Waals surface area contributed by atoms with Gasteiger partial charge in [0.05, 0.1) is 13.5 Å². The lowest BCUT2D eigenvalue weighted by Gasteiger charge is -2.32. The number of ketones is 1. The third kappa shape index (κ3) is 3.65. The van der Waals surface area contributed by atoms with E-state index in [2.05, 4.69) is 4.98 Å². The summed E-state index contributed by atoms with van der Waals surface area (Å²) < 4.78 is 5.23. The van der Waals surface area contributed by atoms with Gasteiger partial charge in [-0.2, -0.15) is 0 Å². The molecule has 2 aromatic carbocycles. The molecule has 3 aromatic rings. The number of carbonyl (C=O) groups excluding carboxylic acids is 2. The number of nitrogens with one attached hydrogen (secondary N) is 1. The van der Waals surface area contributed by atoms with Crippen molar-refractivity contribution in [2.75, 3.05) is 20.2 Å². The van der Waals surface area contributed by atoms with Gasteiger partial charge in [0.2, 0.25) is 5.91 Å². The summed E-state index contributed by atoms with van der Waals surface area (Å²) in [5.74, 6) is 0.679. The van der Waals surface area contributed by atoms with Crippen LogP contribution in [-0.2, 0) is 11.2 Å². The van der Waals surface area contributed by atoms with Crippen LogP contribution < -0.4 is 4.74 Å². The first-order valence-electron chi connectivity index (χ1n) is 9.67. The largest absolute Gasteiger partial charge is 0.497 e. The van der Waals surface area contributed by atoms with Crippen molar-refractivity contribution in [1.29, 1.82) is 0 Å². The van der Waals surface area contributed by atoms with Crippen LogP contribution in [0.15, 0.2) is 54.7 Å². The molecule has 1 saturated heterocycles. The minimum absolute atomic E-state index is 0.0768. The number of fused-ring (bicyclic) bond motifs is 1. The summed E-state index contributed by atoms with van der Waals surface area (Å²) >= 11 is 0. The van der Waals surface area contributed by atoms with Crippen LogP contribution in [-0.4, -0.2) is 41.8 Å². The molecule has 0 spiro atoms. The second-order valence-electron chi connectivity index (χ2n) is 7.31. The summed E-state index contributed by atoms with van der Waals surface area (Å²) in [4.78, 5) is 30.9. The summed E-state index contributed by atoms with van der Waals surface area (Å²) in [7, 11) is 1.59. The number of ether oxygens (including phenoxy) is 1. The quantitative estimate of drug-likeness (QED) is 0.688. The van der Waals surface area contributed by atoms with Gasteiger partial charge in [0, 0.05) is 41.7 Å². The number of benzene rings is 2. The molecular formula is C23H24N2O3. The van der Waals surface area contributed by atoms with Gasteiger partial charge >= 0.3 is 0 Å². The van der Waals surface area contributed by atoms with Gasteiger partial charge in [0.15, 0.2) is 5.78 Å². The maximum atomic E-state index is 12.9. The number of carbonyl (C=O) groups is 2. The zero-order valence-corrected chi connectivity index (χ0v) is 16.0. The number of rotatable bonds is 5. The summed E-state index contributed by atoms with van der Waals surface area (Å²) in [5, 5.41) is 1.08. The molecule has 1 fully saturated rings. The topological polar surface area (TPSA) is 62.4 Å². The van der Waals surface area contributed by atoms with Gasteiger partial charge in [-0.3, -0.25) is 9.59 Å². The van der Waals surface area contributed by atoms with E-state index in [4.69, 9.17) is 4.74 Å². The van der Waals surface area contributed by atoms with Crippen molar-refractivity contribution in [2.24, 2.45) is 5.92 Å². The van der Waals surface area contributed by atoms with Crippen molar-refractivity contribution in [1.82, 2.24) is 9.88 Å². The fourth-order valence-corrected chi connectivity index (χ4v) is 3.98. The van der Waals surface area contributed by atoms with Gasteiger partial charge < -0.3 is 14.6 Å². The monoisotopic (exact) mass is 376 g/mol. The Morgan fingerprint density at radius 2 is 2.04 bits per heavy atom. The van der Waals surface area contributed by atoms with E-state index in [0.717, 1.165) is 29.3 Å². The van der Waals surface area contributed by atoms with E-state index in [1.54, 1.807) is 13.2 Å². The number of amides is 1. The van der Waals surface area contributed by atoms with Crippen molar-refractivity contribution in [3.8, 4) is 5.75 Å². The molecule has 0 radical (unpaired) electrons. The molecule has 1 aliphatic heterocycles. The van der Waals surface area contributed by atoms with Gasteiger partial charge in [-0.05, 0) is 36.6 Å². The number of para-hydroxylation sites is 1. The highest BCUT2D eigenvalue weighted by Crippen LogP contribution is 2.24. The van der Waals surface area contributed by atoms with Gasteiger partial charge in [0.1, 0.15) is 5.75 Å². The number of aromatic nitrogens is 1. The molecule has 0 aliphatic carbocycles. The number of hydrogen-bond acceptors (Lipinski definition) is 3. The summed E-state index contributed by atoms with van der Waals surface area (Å²) in [5.41, 5.74) is 2.69. The summed E-state index contributed by atoms with van der Waals surface area (Å²) in [6.45, 7) is 1.19. The van der Waals surface area contributed by atoms with Crippen molar-refractivity contribution >= 4 is 22.6 Å². The first kappa shape index (κ1) is 18.3. The number of Topliss-reactive ketones (excluding diaryl/α,β-unsaturated/α-hetero) is 1. The lowest BCUT2D eigenvalue weighted by molar-refractivity contribution is -0.131. The fraction of sp³-hybridized carbons (Fsp3) is 0.304. The van der Waals surface area contributed by atoms with Crippen LogP contribution in [0.2, 0.25) is 0 Å². The molecule has 2 heterocycles. The Morgan fingerprint density at radius 1 is 1.18 bits per heavy atom. The standard InChI is InChI=1S/C23H24N2O3/c1-28-19-8-4-6-16(12-19)23(27)17-7-5-11-25(15-17)22(26)13-18-14-24-21-10-3-2-9-20(18)21/h2-4,6,8-10,12,14,17,24H,5,7,11,13,15H2,1H3. The van der Waals surface area contributed by atoms with Crippen molar-refractivity contribution < 1.29 is 14.3 Å². The molecule has 0 bridgehead atoms. The van der Waals surface area contributed by atoms with Crippen LogP contribution in [0.5, 0.6) is 5.75 Å². The van der Waals surface area contributed by atoms with Crippen molar-refractivity contribution in [3.63, 3.8) is 0 Å². The number of likely N-dealkylation sites (tertiary alicyclic amines) is 1. The van der Waals surface area contributed by atoms with E-state index in [-0.39, 0.29) is 17.6 Å². The molecule has 0 saturated carbocycles. The predicted octanol–water partition coefficient (Wildman–Crippen LogP) is 3.84. The SMILES string of the molecule is COc1cccc(C(=O)C2CCCN(C(=O)Cc3c[nH]c4ccccc34)C2)c1. The molecule has 144 valence electrons. The molecule has 1 aliphatic rings. The molecule has 1 aromatic heterocycles. The lowest BCUT2D eigenvalue weighted by Crippen LogP contribution is -2.43. The van der Waals surface area contributed by atoms with Crippen molar-refractivity contribution in [3.05, 3.63) is 65.9 Å². The zero-order chi connectivity index (χ0) is 19.5. The zero-order valence-electron chi connectivity index (χ0n) is 16.0. The highest BCUT2D eigenvalue weighted by molar-refractivity contribution is 5.98. The summed E-state index contributed by atoms with van der Waals surface area (Å²) in [6, 6.07) is 15.2. The van der Waals surface area contributed by atoms with Crippen LogP contribution in [0.1, 0.15) is 28.8 Å². The summed E-state index contributed by atoms with van der Waals surface area (Å²) in [6.07, 6.45) is 3.92. The van der Waals surface area contributed by atoms with E-state index in [9.17, 15) is 9.59 Å². The molecule has 1 amide bonds.